The first-order valence-corrected chi connectivity index (χ1v) is 10.7. The van der Waals surface area contributed by atoms with Crippen LogP contribution in [0.15, 0.2) is 42.5 Å². The molecule has 0 atom stereocenters. The van der Waals surface area contributed by atoms with E-state index in [-0.39, 0.29) is 12.5 Å². The third-order valence-corrected chi connectivity index (χ3v) is 5.84. The van der Waals surface area contributed by atoms with Crippen molar-refractivity contribution in [3.8, 4) is 0 Å². The fourth-order valence-electron chi connectivity index (χ4n) is 3.76. The molecule has 29 heavy (non-hydrogen) atoms. The van der Waals surface area contributed by atoms with E-state index in [1.807, 2.05) is 49.4 Å². The molecule has 0 bridgehead atoms. The molecule has 0 aliphatic heterocycles. The molecule has 5 nitrogen and oxygen atoms in total. The Kier molecular flexibility index (Phi) is 5.80. The number of halogens is 1. The molecule has 0 fully saturated rings. The summed E-state index contributed by atoms with van der Waals surface area (Å²) in [4.78, 5) is 30.0. The highest BCUT2D eigenvalue weighted by Gasteiger charge is 2.24. The van der Waals surface area contributed by atoms with Crippen LogP contribution < -0.4 is 5.32 Å². The lowest BCUT2D eigenvalue weighted by molar-refractivity contribution is -0.119. The summed E-state index contributed by atoms with van der Waals surface area (Å²) in [7, 11) is 0. The van der Waals surface area contributed by atoms with Crippen LogP contribution in [0.5, 0.6) is 0 Å². The molecular formula is C23H21IN2O3. The number of nitrogens with one attached hydrogen (secondary N) is 1. The van der Waals surface area contributed by atoms with Crippen molar-refractivity contribution in [2.24, 2.45) is 0 Å². The number of hydrogen-bond donors (Lipinski definition) is 1. The average molecular weight is 500 g/mol. The lowest BCUT2D eigenvalue weighted by Crippen LogP contribution is -2.23. The van der Waals surface area contributed by atoms with Gasteiger partial charge in [-0.25, -0.2) is 4.79 Å². The van der Waals surface area contributed by atoms with Gasteiger partial charge in [0.2, 0.25) is 0 Å². The van der Waals surface area contributed by atoms with E-state index in [9.17, 15) is 9.59 Å². The Labute approximate surface area is 183 Å². The highest BCUT2D eigenvalue weighted by Crippen LogP contribution is 2.29. The van der Waals surface area contributed by atoms with Crippen molar-refractivity contribution < 1.29 is 14.3 Å². The third-order valence-electron chi connectivity index (χ3n) is 5.17. The molecule has 148 valence electrons. The number of benzene rings is 2. The topological polar surface area (TPSA) is 68.3 Å². The second-order valence-corrected chi connectivity index (χ2v) is 8.47. The minimum atomic E-state index is -0.462. The lowest BCUT2D eigenvalue weighted by Gasteiger charge is -2.20. The summed E-state index contributed by atoms with van der Waals surface area (Å²) in [6.45, 7) is 1.61. The van der Waals surface area contributed by atoms with Gasteiger partial charge in [-0.2, -0.15) is 0 Å². The zero-order valence-electron chi connectivity index (χ0n) is 16.1. The van der Waals surface area contributed by atoms with Crippen molar-refractivity contribution >= 4 is 51.1 Å². The van der Waals surface area contributed by atoms with Gasteiger partial charge in [0.15, 0.2) is 6.61 Å². The fraction of sp³-hybridized carbons (Fsp3) is 0.261. The number of fused-ring (bicyclic) bond motifs is 2. The zero-order valence-corrected chi connectivity index (χ0v) is 18.3. The van der Waals surface area contributed by atoms with Crippen LogP contribution in [0, 0.1) is 10.5 Å². The van der Waals surface area contributed by atoms with Crippen molar-refractivity contribution in [3.05, 3.63) is 68.4 Å². The first-order chi connectivity index (χ1) is 14.0. The standard InChI is InChI=1S/C23H21IN2O3/c1-14-12-15(24)10-11-18(14)26-21(27)13-29-23(28)22-16-6-2-4-8-19(16)25-20-9-5-3-7-17(20)22/h2,4,6,8,10-12H,3,5,7,9,13H2,1H3,(H,26,27). The SMILES string of the molecule is Cc1cc(I)ccc1NC(=O)COC(=O)c1c2c(nc3ccccc13)CCCC2. The molecule has 1 aliphatic rings. The van der Waals surface area contributed by atoms with Crippen LogP contribution in [0.1, 0.15) is 40.0 Å². The smallest absolute Gasteiger partial charge is 0.339 e. The minimum Gasteiger partial charge on any atom is -0.452 e. The van der Waals surface area contributed by atoms with Crippen molar-refractivity contribution in [3.63, 3.8) is 0 Å². The summed E-state index contributed by atoms with van der Waals surface area (Å²) in [5.41, 5.74) is 4.97. The fourth-order valence-corrected chi connectivity index (χ4v) is 4.41. The molecule has 1 amide bonds. The van der Waals surface area contributed by atoms with E-state index in [0.717, 1.165) is 62.7 Å². The molecule has 1 aliphatic carbocycles. The second-order valence-electron chi connectivity index (χ2n) is 7.22. The summed E-state index contributed by atoms with van der Waals surface area (Å²) in [5, 5.41) is 3.60. The van der Waals surface area contributed by atoms with Crippen molar-refractivity contribution in [1.82, 2.24) is 4.98 Å². The number of amides is 1. The molecule has 6 heteroatoms. The highest BCUT2D eigenvalue weighted by molar-refractivity contribution is 14.1. The van der Waals surface area contributed by atoms with E-state index in [4.69, 9.17) is 9.72 Å². The van der Waals surface area contributed by atoms with Crippen LogP contribution in [0.4, 0.5) is 5.69 Å². The molecule has 2 aromatic carbocycles. The Morgan fingerprint density at radius 3 is 2.76 bits per heavy atom. The van der Waals surface area contributed by atoms with E-state index in [1.54, 1.807) is 0 Å². The maximum absolute atomic E-state index is 13.0. The largest absolute Gasteiger partial charge is 0.452 e. The van der Waals surface area contributed by atoms with Gasteiger partial charge in [-0.1, -0.05) is 18.2 Å². The third kappa shape index (κ3) is 4.27. The molecule has 0 saturated heterocycles. The predicted octanol–water partition coefficient (Wildman–Crippen LogP) is 4.82. The Balaban J connectivity index is 1.54. The number of ether oxygens (including phenoxy) is 1. The molecule has 0 radical (unpaired) electrons. The average Bonchev–Trinajstić information content (AvgIpc) is 2.72. The van der Waals surface area contributed by atoms with Crippen LogP contribution >= 0.6 is 22.6 Å². The number of carbonyl (C=O) groups excluding carboxylic acids is 2. The Morgan fingerprint density at radius 1 is 1.14 bits per heavy atom. The summed E-state index contributed by atoms with van der Waals surface area (Å²) in [5.74, 6) is -0.814. The Bertz CT molecular complexity index is 1110. The second kappa shape index (κ2) is 8.49. The van der Waals surface area contributed by atoms with E-state index in [2.05, 4.69) is 27.9 Å². The Hall–Kier alpha value is -2.48. The number of anilines is 1. The van der Waals surface area contributed by atoms with Crippen LogP contribution in [0.25, 0.3) is 10.9 Å². The van der Waals surface area contributed by atoms with Gasteiger partial charge >= 0.3 is 5.97 Å². The quantitative estimate of drug-likeness (QED) is 0.412. The summed E-state index contributed by atoms with van der Waals surface area (Å²) >= 11 is 2.22. The van der Waals surface area contributed by atoms with Gasteiger partial charge in [-0.05, 0) is 90.6 Å². The van der Waals surface area contributed by atoms with Crippen LogP contribution in [-0.2, 0) is 22.4 Å². The van der Waals surface area contributed by atoms with Gasteiger partial charge in [-0.15, -0.1) is 0 Å². The van der Waals surface area contributed by atoms with Crippen LogP contribution in [-0.4, -0.2) is 23.5 Å². The number of aromatic nitrogens is 1. The van der Waals surface area contributed by atoms with Gasteiger partial charge in [-0.3, -0.25) is 9.78 Å². The molecule has 0 spiro atoms. The van der Waals surface area contributed by atoms with Crippen molar-refractivity contribution in [2.45, 2.75) is 32.6 Å². The van der Waals surface area contributed by atoms with Crippen molar-refractivity contribution in [2.75, 3.05) is 11.9 Å². The molecule has 0 saturated carbocycles. The number of rotatable bonds is 4. The number of aryl methyl sites for hydroxylation is 2. The highest BCUT2D eigenvalue weighted by atomic mass is 127. The van der Waals surface area contributed by atoms with Gasteiger partial charge in [0, 0.05) is 20.3 Å². The van der Waals surface area contributed by atoms with E-state index in [0.29, 0.717) is 5.56 Å². The molecule has 4 rings (SSSR count). The van der Waals surface area contributed by atoms with E-state index < -0.39 is 5.97 Å². The Morgan fingerprint density at radius 2 is 1.93 bits per heavy atom. The first kappa shape index (κ1) is 19.8. The molecule has 1 N–H and O–H groups in total. The minimum absolute atomic E-state index is 0.324. The number of hydrogen-bond acceptors (Lipinski definition) is 4. The molecule has 1 aromatic heterocycles. The molecule has 0 unspecified atom stereocenters. The monoisotopic (exact) mass is 500 g/mol. The van der Waals surface area contributed by atoms with Gasteiger partial charge in [0.1, 0.15) is 0 Å². The maximum atomic E-state index is 13.0. The molecule has 3 aromatic rings. The molecular weight excluding hydrogens is 479 g/mol. The summed E-state index contributed by atoms with van der Waals surface area (Å²) < 4.78 is 6.52. The van der Waals surface area contributed by atoms with Gasteiger partial charge in [0.05, 0.1) is 11.1 Å². The van der Waals surface area contributed by atoms with E-state index >= 15 is 0 Å². The van der Waals surface area contributed by atoms with E-state index in [1.165, 1.54) is 0 Å². The number of carbonyl (C=O) groups is 2. The zero-order chi connectivity index (χ0) is 20.4. The normalized spacial score (nSPS) is 13.0. The number of para-hydroxylation sites is 1. The lowest BCUT2D eigenvalue weighted by atomic mass is 9.90. The van der Waals surface area contributed by atoms with Crippen LogP contribution in [0.3, 0.4) is 0 Å². The summed E-state index contributed by atoms with van der Waals surface area (Å²) in [6.07, 6.45) is 3.78. The van der Waals surface area contributed by atoms with Gasteiger partial charge in [0.25, 0.3) is 5.91 Å². The maximum Gasteiger partial charge on any atom is 0.339 e. The van der Waals surface area contributed by atoms with Crippen LogP contribution in [0.2, 0.25) is 0 Å². The predicted molar refractivity (Wildman–Crippen MR) is 121 cm³/mol. The molecule has 1 heterocycles. The van der Waals surface area contributed by atoms with Gasteiger partial charge < -0.3 is 10.1 Å². The number of nitrogens with zero attached hydrogens (tertiary/aromatic N) is 1. The number of esters is 1. The number of pyridine rings is 1. The summed E-state index contributed by atoms with van der Waals surface area (Å²) in [6, 6.07) is 13.4. The van der Waals surface area contributed by atoms with Crippen molar-refractivity contribution in [1.29, 1.82) is 0 Å². The first-order valence-electron chi connectivity index (χ1n) is 9.66.